The van der Waals surface area contributed by atoms with Gasteiger partial charge in [-0.15, -0.1) is 0 Å². The molecule has 0 saturated heterocycles. The van der Waals surface area contributed by atoms with Crippen molar-refractivity contribution in [2.75, 3.05) is 26.2 Å². The maximum absolute atomic E-state index is 11.2. The molecule has 4 nitrogen and oxygen atoms in total. The van der Waals surface area contributed by atoms with E-state index in [1.165, 1.54) is 0 Å². The number of nitrogens with one attached hydrogen (secondary N) is 1. The molecular weight excluding hydrogens is 180 g/mol. The van der Waals surface area contributed by atoms with Crippen molar-refractivity contribution in [3.05, 3.63) is 0 Å². The zero-order valence-corrected chi connectivity index (χ0v) is 9.42. The highest BCUT2D eigenvalue weighted by Crippen LogP contribution is 1.98. The Morgan fingerprint density at radius 3 is 2.50 bits per heavy atom. The van der Waals surface area contributed by atoms with Crippen molar-refractivity contribution in [2.45, 2.75) is 33.2 Å². The highest BCUT2D eigenvalue weighted by Gasteiger charge is 2.10. The number of nitrogens with zero attached hydrogens (tertiary/aromatic N) is 1. The Morgan fingerprint density at radius 1 is 1.43 bits per heavy atom. The number of carbonyl (C=O) groups excluding carboxylic acids is 1. The molecule has 2 N–H and O–H groups in total. The van der Waals surface area contributed by atoms with Crippen LogP contribution in [0.15, 0.2) is 0 Å². The molecule has 0 aliphatic carbocycles. The highest BCUT2D eigenvalue weighted by molar-refractivity contribution is 5.75. The first kappa shape index (κ1) is 13.4. The Bertz CT molecular complexity index is 160. The molecule has 0 atom stereocenters. The van der Waals surface area contributed by atoms with E-state index in [0.29, 0.717) is 32.1 Å². The van der Waals surface area contributed by atoms with Crippen LogP contribution in [0.25, 0.3) is 0 Å². The summed E-state index contributed by atoms with van der Waals surface area (Å²) in [7, 11) is 0. The van der Waals surface area contributed by atoms with Gasteiger partial charge >= 0.3 is 0 Å². The summed E-state index contributed by atoms with van der Waals surface area (Å²) in [5.41, 5.74) is 0. The first-order chi connectivity index (χ1) is 6.61. The lowest BCUT2D eigenvalue weighted by Crippen LogP contribution is -2.37. The number of aliphatic hydroxyl groups excluding tert-OH is 1. The van der Waals surface area contributed by atoms with Crippen molar-refractivity contribution >= 4 is 5.91 Å². The maximum atomic E-state index is 11.2. The van der Waals surface area contributed by atoms with Gasteiger partial charge in [-0.1, -0.05) is 0 Å². The second-order valence-corrected chi connectivity index (χ2v) is 3.56. The molecule has 0 unspecified atom stereocenters. The number of carbonyl (C=O) groups is 1. The van der Waals surface area contributed by atoms with Gasteiger partial charge < -0.3 is 10.4 Å². The minimum Gasteiger partial charge on any atom is -0.395 e. The molecule has 0 saturated carbocycles. The average Bonchev–Trinajstić information content (AvgIpc) is 2.12. The van der Waals surface area contributed by atoms with Crippen molar-refractivity contribution in [1.82, 2.24) is 10.2 Å². The molecule has 0 rings (SSSR count). The van der Waals surface area contributed by atoms with Crippen molar-refractivity contribution in [2.24, 2.45) is 0 Å². The summed E-state index contributed by atoms with van der Waals surface area (Å²) in [6.07, 6.45) is 0.506. The van der Waals surface area contributed by atoms with Crippen molar-refractivity contribution in [3.8, 4) is 0 Å². The molecular formula is C10H22N2O2. The van der Waals surface area contributed by atoms with Gasteiger partial charge in [0, 0.05) is 32.1 Å². The van der Waals surface area contributed by atoms with E-state index in [4.69, 9.17) is 5.11 Å². The summed E-state index contributed by atoms with van der Waals surface area (Å²) >= 11 is 0. The lowest BCUT2D eigenvalue weighted by Gasteiger charge is -2.25. The molecule has 0 heterocycles. The smallest absolute Gasteiger partial charge is 0.221 e. The fraction of sp³-hybridized carbons (Fsp3) is 0.900. The van der Waals surface area contributed by atoms with E-state index in [-0.39, 0.29) is 12.5 Å². The molecule has 4 heteroatoms. The van der Waals surface area contributed by atoms with Crippen molar-refractivity contribution in [3.63, 3.8) is 0 Å². The Morgan fingerprint density at radius 2 is 2.07 bits per heavy atom. The standard InChI is InChI=1S/C10H22N2O2/c1-4-11-10(14)5-6-12(7-8-13)9(2)3/h9,13H,4-8H2,1-3H3,(H,11,14). The second-order valence-electron chi connectivity index (χ2n) is 3.56. The fourth-order valence-electron chi connectivity index (χ4n) is 1.29. The summed E-state index contributed by atoms with van der Waals surface area (Å²) in [4.78, 5) is 13.3. The van der Waals surface area contributed by atoms with Gasteiger partial charge in [0.2, 0.25) is 5.91 Å². The van der Waals surface area contributed by atoms with E-state index in [1.807, 2.05) is 6.92 Å². The van der Waals surface area contributed by atoms with E-state index in [2.05, 4.69) is 24.1 Å². The quantitative estimate of drug-likeness (QED) is 0.621. The van der Waals surface area contributed by atoms with Crippen molar-refractivity contribution < 1.29 is 9.90 Å². The van der Waals surface area contributed by atoms with Gasteiger partial charge in [-0.2, -0.15) is 0 Å². The molecule has 14 heavy (non-hydrogen) atoms. The summed E-state index contributed by atoms with van der Waals surface area (Å²) in [6, 6.07) is 0.372. The van der Waals surface area contributed by atoms with Crippen LogP contribution in [0.2, 0.25) is 0 Å². The van der Waals surface area contributed by atoms with Gasteiger partial charge in [-0.3, -0.25) is 9.69 Å². The zero-order valence-electron chi connectivity index (χ0n) is 9.42. The number of amides is 1. The van der Waals surface area contributed by atoms with E-state index in [0.717, 1.165) is 0 Å². The third-order valence-electron chi connectivity index (χ3n) is 2.12. The predicted molar refractivity (Wildman–Crippen MR) is 57.1 cm³/mol. The summed E-state index contributed by atoms with van der Waals surface area (Å²) in [5, 5.41) is 11.6. The van der Waals surface area contributed by atoms with E-state index >= 15 is 0 Å². The molecule has 84 valence electrons. The van der Waals surface area contributed by atoms with Gasteiger partial charge in [0.25, 0.3) is 0 Å². The lowest BCUT2D eigenvalue weighted by molar-refractivity contribution is -0.121. The number of rotatable bonds is 7. The SMILES string of the molecule is CCNC(=O)CCN(CCO)C(C)C. The third kappa shape index (κ3) is 5.94. The van der Waals surface area contributed by atoms with Gasteiger partial charge in [-0.05, 0) is 20.8 Å². The fourth-order valence-corrected chi connectivity index (χ4v) is 1.29. The predicted octanol–water partition coefficient (Wildman–Crippen LogP) is 0.215. The topological polar surface area (TPSA) is 52.6 Å². The monoisotopic (exact) mass is 202 g/mol. The van der Waals surface area contributed by atoms with Gasteiger partial charge in [-0.25, -0.2) is 0 Å². The molecule has 0 aromatic carbocycles. The van der Waals surface area contributed by atoms with Crippen LogP contribution in [-0.4, -0.2) is 48.2 Å². The Hall–Kier alpha value is -0.610. The van der Waals surface area contributed by atoms with Crippen LogP contribution in [-0.2, 0) is 4.79 Å². The van der Waals surface area contributed by atoms with Crippen LogP contribution >= 0.6 is 0 Å². The first-order valence-corrected chi connectivity index (χ1v) is 5.23. The molecule has 0 fully saturated rings. The molecule has 0 aliphatic heterocycles. The molecule has 0 bridgehead atoms. The average molecular weight is 202 g/mol. The number of aliphatic hydroxyl groups is 1. The van der Waals surface area contributed by atoms with Crippen LogP contribution in [0, 0.1) is 0 Å². The summed E-state index contributed by atoms with van der Waals surface area (Å²) < 4.78 is 0. The zero-order chi connectivity index (χ0) is 11.0. The lowest BCUT2D eigenvalue weighted by atomic mass is 10.2. The van der Waals surface area contributed by atoms with Gasteiger partial charge in [0.1, 0.15) is 0 Å². The first-order valence-electron chi connectivity index (χ1n) is 5.23. The van der Waals surface area contributed by atoms with Crippen molar-refractivity contribution in [1.29, 1.82) is 0 Å². The second kappa shape index (κ2) is 7.76. The maximum Gasteiger partial charge on any atom is 0.221 e. The minimum absolute atomic E-state index is 0.0797. The van der Waals surface area contributed by atoms with Crippen LogP contribution in [0.1, 0.15) is 27.2 Å². The van der Waals surface area contributed by atoms with Crippen LogP contribution in [0.5, 0.6) is 0 Å². The molecule has 0 aliphatic rings. The van der Waals surface area contributed by atoms with Gasteiger partial charge in [0.15, 0.2) is 0 Å². The van der Waals surface area contributed by atoms with E-state index in [1.54, 1.807) is 0 Å². The van der Waals surface area contributed by atoms with E-state index in [9.17, 15) is 4.79 Å². The van der Waals surface area contributed by atoms with Gasteiger partial charge in [0.05, 0.1) is 6.61 Å². The minimum atomic E-state index is 0.0797. The highest BCUT2D eigenvalue weighted by atomic mass is 16.3. The largest absolute Gasteiger partial charge is 0.395 e. The Kier molecular flexibility index (Phi) is 7.42. The van der Waals surface area contributed by atoms with Crippen LogP contribution in [0.4, 0.5) is 0 Å². The number of hydrogen-bond donors (Lipinski definition) is 2. The molecule has 0 spiro atoms. The molecule has 1 amide bonds. The van der Waals surface area contributed by atoms with E-state index < -0.39 is 0 Å². The number of hydrogen-bond acceptors (Lipinski definition) is 3. The summed E-state index contributed by atoms with van der Waals surface area (Å²) in [6.45, 7) is 8.21. The molecule has 0 radical (unpaired) electrons. The third-order valence-corrected chi connectivity index (χ3v) is 2.12. The molecule has 0 aromatic heterocycles. The Balaban J connectivity index is 3.75. The molecule has 0 aromatic rings. The summed E-state index contributed by atoms with van der Waals surface area (Å²) in [5.74, 6) is 0.0797. The Labute approximate surface area is 86.3 Å². The normalized spacial score (nSPS) is 11.0. The van der Waals surface area contributed by atoms with Crippen LogP contribution < -0.4 is 5.32 Å². The van der Waals surface area contributed by atoms with Crippen LogP contribution in [0.3, 0.4) is 0 Å².